The van der Waals surface area contributed by atoms with E-state index in [1.165, 1.54) is 0 Å². The molecule has 1 rings (SSSR count). The predicted molar refractivity (Wildman–Crippen MR) is 43.9 cm³/mol. The van der Waals surface area contributed by atoms with Gasteiger partial charge in [0, 0.05) is 6.54 Å². The molecule has 0 spiro atoms. The normalized spacial score (nSPS) is 26.1. The highest BCUT2D eigenvalue weighted by Gasteiger charge is 2.38. The molecule has 0 aromatic heterocycles. The highest BCUT2D eigenvalue weighted by atomic mass is 19.4. The van der Waals surface area contributed by atoms with Crippen LogP contribution in [0.3, 0.4) is 0 Å². The number of piperidine rings is 1. The third kappa shape index (κ3) is 3.81. The van der Waals surface area contributed by atoms with Gasteiger partial charge in [-0.1, -0.05) is 0 Å². The monoisotopic (exact) mass is 213 g/mol. The lowest BCUT2D eigenvalue weighted by atomic mass is 10.1. The van der Waals surface area contributed by atoms with Crippen LogP contribution in [0.15, 0.2) is 0 Å². The molecule has 0 radical (unpaired) electrons. The topological polar surface area (TPSA) is 41.5 Å². The van der Waals surface area contributed by atoms with Crippen LogP contribution in [0.4, 0.5) is 13.2 Å². The molecule has 0 aromatic carbocycles. The third-order valence-corrected chi connectivity index (χ3v) is 2.12. The van der Waals surface area contributed by atoms with Gasteiger partial charge in [0.1, 0.15) is 0 Å². The molecule has 1 fully saturated rings. The molecular formula is C8H14F3NO2. The van der Waals surface area contributed by atoms with Gasteiger partial charge in [-0.05, 0) is 19.4 Å². The minimum Gasteiger partial charge on any atom is -0.382 e. The van der Waals surface area contributed by atoms with Crippen molar-refractivity contribution in [2.75, 3.05) is 19.7 Å². The minimum absolute atomic E-state index is 0.208. The molecule has 0 amide bonds. The van der Waals surface area contributed by atoms with Crippen molar-refractivity contribution in [1.29, 1.82) is 0 Å². The molecular weight excluding hydrogens is 199 g/mol. The molecule has 6 heteroatoms. The van der Waals surface area contributed by atoms with Gasteiger partial charge in [0.15, 0.2) is 6.10 Å². The number of halogens is 3. The lowest BCUT2D eigenvalue weighted by Crippen LogP contribution is -2.39. The highest BCUT2D eigenvalue weighted by molar-refractivity contribution is 4.71. The standard InChI is InChI=1S/C8H14F3NO2/c9-8(10,11)7(13)5-14-6-2-1-3-12-4-6/h6-7,12-13H,1-5H2/t6-,7?/m0/s1. The number of ether oxygens (including phenoxy) is 1. The Morgan fingerprint density at radius 1 is 1.50 bits per heavy atom. The fourth-order valence-corrected chi connectivity index (χ4v) is 1.28. The summed E-state index contributed by atoms with van der Waals surface area (Å²) in [4.78, 5) is 0. The Kier molecular flexibility index (Phi) is 4.15. The average Bonchev–Trinajstić information content (AvgIpc) is 2.14. The maximum atomic E-state index is 11.9. The molecule has 0 bridgehead atoms. The second-order valence-electron chi connectivity index (χ2n) is 3.36. The fraction of sp³-hybridized carbons (Fsp3) is 1.00. The van der Waals surface area contributed by atoms with Crippen LogP contribution >= 0.6 is 0 Å². The van der Waals surface area contributed by atoms with Crippen LogP contribution in [-0.2, 0) is 4.74 Å². The summed E-state index contributed by atoms with van der Waals surface area (Å²) in [6.07, 6.45) is -5.52. The zero-order valence-corrected chi connectivity index (χ0v) is 7.68. The molecule has 2 N–H and O–H groups in total. The van der Waals surface area contributed by atoms with E-state index in [-0.39, 0.29) is 6.10 Å². The number of alkyl halides is 3. The van der Waals surface area contributed by atoms with E-state index in [1.807, 2.05) is 0 Å². The molecule has 14 heavy (non-hydrogen) atoms. The summed E-state index contributed by atoms with van der Waals surface area (Å²) in [5.41, 5.74) is 0. The molecule has 1 aliphatic heterocycles. The van der Waals surface area contributed by atoms with Gasteiger partial charge in [0.05, 0.1) is 12.7 Å². The first-order valence-corrected chi connectivity index (χ1v) is 4.57. The highest BCUT2D eigenvalue weighted by Crippen LogP contribution is 2.20. The second kappa shape index (κ2) is 4.95. The van der Waals surface area contributed by atoms with E-state index in [0.717, 1.165) is 19.4 Å². The fourth-order valence-electron chi connectivity index (χ4n) is 1.28. The zero-order chi connectivity index (χ0) is 10.6. The molecule has 0 aliphatic carbocycles. The summed E-state index contributed by atoms with van der Waals surface area (Å²) < 4.78 is 40.5. The quantitative estimate of drug-likeness (QED) is 0.724. The molecule has 1 heterocycles. The molecule has 0 aromatic rings. The van der Waals surface area contributed by atoms with Gasteiger partial charge in [0.2, 0.25) is 0 Å². The first-order valence-electron chi connectivity index (χ1n) is 4.57. The maximum Gasteiger partial charge on any atom is 0.416 e. The van der Waals surface area contributed by atoms with Crippen molar-refractivity contribution < 1.29 is 23.0 Å². The lowest BCUT2D eigenvalue weighted by molar-refractivity contribution is -0.221. The van der Waals surface area contributed by atoms with Gasteiger partial charge in [-0.3, -0.25) is 0 Å². The molecule has 1 aliphatic rings. The maximum absolute atomic E-state index is 11.9. The molecule has 3 nitrogen and oxygen atoms in total. The lowest BCUT2D eigenvalue weighted by Gasteiger charge is -2.24. The molecule has 1 unspecified atom stereocenters. The number of aliphatic hydroxyl groups is 1. The smallest absolute Gasteiger partial charge is 0.382 e. The van der Waals surface area contributed by atoms with Crippen LogP contribution in [0, 0.1) is 0 Å². The van der Waals surface area contributed by atoms with Crippen molar-refractivity contribution >= 4 is 0 Å². The first kappa shape index (κ1) is 11.7. The van der Waals surface area contributed by atoms with E-state index >= 15 is 0 Å². The minimum atomic E-state index is -4.58. The Bertz CT molecular complexity index is 168. The molecule has 84 valence electrons. The van der Waals surface area contributed by atoms with E-state index in [4.69, 9.17) is 9.84 Å². The first-order chi connectivity index (χ1) is 6.50. The Hall–Kier alpha value is -0.330. The van der Waals surface area contributed by atoms with Crippen molar-refractivity contribution in [2.45, 2.75) is 31.2 Å². The Labute approximate surface area is 80.2 Å². The van der Waals surface area contributed by atoms with Gasteiger partial charge in [0.25, 0.3) is 0 Å². The summed E-state index contributed by atoms with van der Waals surface area (Å²) in [7, 11) is 0. The van der Waals surface area contributed by atoms with Crippen molar-refractivity contribution in [1.82, 2.24) is 5.32 Å². The number of rotatable bonds is 3. The van der Waals surface area contributed by atoms with Crippen LogP contribution in [0.5, 0.6) is 0 Å². The van der Waals surface area contributed by atoms with Crippen LogP contribution in [0.2, 0.25) is 0 Å². The Morgan fingerprint density at radius 2 is 2.21 bits per heavy atom. The van der Waals surface area contributed by atoms with Crippen molar-refractivity contribution in [2.24, 2.45) is 0 Å². The summed E-state index contributed by atoms with van der Waals surface area (Å²) in [5, 5.41) is 11.7. The van der Waals surface area contributed by atoms with Crippen LogP contribution in [0.1, 0.15) is 12.8 Å². The summed E-state index contributed by atoms with van der Waals surface area (Å²) in [6, 6.07) is 0. The van der Waals surface area contributed by atoms with Crippen molar-refractivity contribution in [3.63, 3.8) is 0 Å². The third-order valence-electron chi connectivity index (χ3n) is 2.12. The average molecular weight is 213 g/mol. The second-order valence-corrected chi connectivity index (χ2v) is 3.36. The van der Waals surface area contributed by atoms with Crippen molar-refractivity contribution in [3.05, 3.63) is 0 Å². The van der Waals surface area contributed by atoms with E-state index in [2.05, 4.69) is 5.32 Å². The van der Waals surface area contributed by atoms with Gasteiger partial charge in [-0.2, -0.15) is 13.2 Å². The van der Waals surface area contributed by atoms with E-state index < -0.39 is 18.9 Å². The largest absolute Gasteiger partial charge is 0.416 e. The summed E-state index contributed by atoms with van der Waals surface area (Å²) in [5.74, 6) is 0. The molecule has 2 atom stereocenters. The van der Waals surface area contributed by atoms with Crippen LogP contribution in [-0.4, -0.2) is 43.2 Å². The predicted octanol–water partition coefficient (Wildman–Crippen LogP) is 0.678. The van der Waals surface area contributed by atoms with E-state index in [9.17, 15) is 13.2 Å². The number of hydrogen-bond acceptors (Lipinski definition) is 3. The van der Waals surface area contributed by atoms with Gasteiger partial charge >= 0.3 is 6.18 Å². The summed E-state index contributed by atoms with van der Waals surface area (Å²) >= 11 is 0. The van der Waals surface area contributed by atoms with E-state index in [0.29, 0.717) is 6.54 Å². The van der Waals surface area contributed by atoms with Gasteiger partial charge < -0.3 is 15.2 Å². The number of nitrogens with one attached hydrogen (secondary N) is 1. The van der Waals surface area contributed by atoms with Gasteiger partial charge in [-0.25, -0.2) is 0 Å². The van der Waals surface area contributed by atoms with E-state index in [1.54, 1.807) is 0 Å². The molecule has 1 saturated heterocycles. The Balaban J connectivity index is 2.19. The van der Waals surface area contributed by atoms with Gasteiger partial charge in [-0.15, -0.1) is 0 Å². The Morgan fingerprint density at radius 3 is 2.71 bits per heavy atom. The zero-order valence-electron chi connectivity index (χ0n) is 7.68. The van der Waals surface area contributed by atoms with Crippen molar-refractivity contribution in [3.8, 4) is 0 Å². The van der Waals surface area contributed by atoms with Crippen LogP contribution in [0.25, 0.3) is 0 Å². The number of aliphatic hydroxyl groups excluding tert-OH is 1. The van der Waals surface area contributed by atoms with Crippen LogP contribution < -0.4 is 5.32 Å². The number of hydrogen-bond donors (Lipinski definition) is 2. The molecule has 0 saturated carbocycles. The summed E-state index contributed by atoms with van der Waals surface area (Å²) in [6.45, 7) is 0.766. The SMILES string of the molecule is OC(CO[C@H]1CCCNC1)C(F)(F)F.